The van der Waals surface area contributed by atoms with Gasteiger partial charge in [0.25, 0.3) is 0 Å². The van der Waals surface area contributed by atoms with Crippen LogP contribution in [0.25, 0.3) is 0 Å². The summed E-state index contributed by atoms with van der Waals surface area (Å²) in [6.07, 6.45) is 4.49. The van der Waals surface area contributed by atoms with Gasteiger partial charge in [-0.25, -0.2) is 4.79 Å². The number of nitrogens with one attached hydrogen (secondary N) is 2. The van der Waals surface area contributed by atoms with E-state index in [0.717, 1.165) is 12.8 Å². The average molecular weight is 311 g/mol. The summed E-state index contributed by atoms with van der Waals surface area (Å²) in [5, 5.41) is 15.3. The maximum atomic E-state index is 11.9. The molecule has 0 radical (unpaired) electrons. The molecule has 1 aliphatic rings. The Hall–Kier alpha value is -1.59. The molecular weight excluding hydrogens is 292 g/mol. The van der Waals surface area contributed by atoms with Gasteiger partial charge in [0.05, 0.1) is 6.54 Å². The fourth-order valence-electron chi connectivity index (χ4n) is 2.56. The van der Waals surface area contributed by atoms with Crippen molar-refractivity contribution in [3.8, 4) is 0 Å². The first kappa shape index (κ1) is 15.8. The molecule has 0 bridgehead atoms. The lowest BCUT2D eigenvalue weighted by Gasteiger charge is -2.17. The van der Waals surface area contributed by atoms with Crippen molar-refractivity contribution >= 4 is 23.5 Å². The quantitative estimate of drug-likeness (QED) is 0.752. The number of hydrogen-bond acceptors (Lipinski definition) is 3. The highest BCUT2D eigenvalue weighted by Gasteiger charge is 2.24. The molecule has 1 aromatic rings. The largest absolute Gasteiger partial charge is 0.479 e. The van der Waals surface area contributed by atoms with Crippen molar-refractivity contribution in [1.82, 2.24) is 10.6 Å². The van der Waals surface area contributed by atoms with Gasteiger partial charge < -0.3 is 15.7 Å². The fourth-order valence-corrected chi connectivity index (χ4v) is 2.81. The first-order chi connectivity index (χ1) is 10.1. The minimum absolute atomic E-state index is 0.124. The number of carbonyl (C=O) groups is 2. The van der Waals surface area contributed by atoms with E-state index >= 15 is 0 Å². The lowest BCUT2D eigenvalue weighted by atomic mass is 10.1. The molecule has 1 amide bonds. The van der Waals surface area contributed by atoms with Gasteiger partial charge in [-0.2, -0.15) is 0 Å². The zero-order valence-corrected chi connectivity index (χ0v) is 12.4. The molecular formula is C15H19ClN2O3. The van der Waals surface area contributed by atoms with Crippen molar-refractivity contribution < 1.29 is 14.7 Å². The minimum atomic E-state index is -1.13. The van der Waals surface area contributed by atoms with Gasteiger partial charge in [-0.1, -0.05) is 42.6 Å². The van der Waals surface area contributed by atoms with Gasteiger partial charge in [0.15, 0.2) is 6.04 Å². The summed E-state index contributed by atoms with van der Waals surface area (Å²) in [6, 6.07) is 5.85. The van der Waals surface area contributed by atoms with Crippen molar-refractivity contribution in [1.29, 1.82) is 0 Å². The zero-order chi connectivity index (χ0) is 15.2. The predicted molar refractivity (Wildman–Crippen MR) is 80.2 cm³/mol. The van der Waals surface area contributed by atoms with E-state index in [9.17, 15) is 14.7 Å². The summed E-state index contributed by atoms with van der Waals surface area (Å²) < 4.78 is 0. The maximum absolute atomic E-state index is 11.9. The van der Waals surface area contributed by atoms with Crippen molar-refractivity contribution in [2.75, 3.05) is 6.54 Å². The highest BCUT2D eigenvalue weighted by Crippen LogP contribution is 2.23. The molecule has 0 saturated heterocycles. The van der Waals surface area contributed by atoms with E-state index in [2.05, 4.69) is 10.6 Å². The number of carbonyl (C=O) groups excluding carboxylic acids is 1. The standard InChI is InChI=1S/C15H19ClN2O3/c16-12-8-4-3-7-11(12)14(15(20)21)18-13(19)9-17-10-5-1-2-6-10/h3-4,7-8,10,14,17H,1-2,5-6,9H2,(H,18,19)(H,20,21)/t14-/m1/s1. The maximum Gasteiger partial charge on any atom is 0.330 e. The molecule has 21 heavy (non-hydrogen) atoms. The third-order valence-corrected chi connectivity index (χ3v) is 4.02. The minimum Gasteiger partial charge on any atom is -0.479 e. The molecule has 0 spiro atoms. The Balaban J connectivity index is 1.94. The van der Waals surface area contributed by atoms with E-state index < -0.39 is 12.0 Å². The van der Waals surface area contributed by atoms with Crippen LogP contribution in [0.5, 0.6) is 0 Å². The fraction of sp³-hybridized carbons (Fsp3) is 0.467. The zero-order valence-electron chi connectivity index (χ0n) is 11.6. The SMILES string of the molecule is O=C(CNC1CCCC1)N[C@@H](C(=O)O)c1ccccc1Cl. The lowest BCUT2D eigenvalue weighted by Crippen LogP contribution is -2.41. The molecule has 114 valence electrons. The number of halogens is 1. The summed E-state index contributed by atoms with van der Waals surface area (Å²) in [5.74, 6) is -1.47. The molecule has 5 nitrogen and oxygen atoms in total. The Morgan fingerprint density at radius 3 is 2.57 bits per heavy atom. The number of amides is 1. The first-order valence-corrected chi connectivity index (χ1v) is 7.45. The van der Waals surface area contributed by atoms with Gasteiger partial charge in [-0.15, -0.1) is 0 Å². The van der Waals surface area contributed by atoms with E-state index in [1.165, 1.54) is 12.8 Å². The van der Waals surface area contributed by atoms with Crippen molar-refractivity contribution in [2.24, 2.45) is 0 Å². The molecule has 1 saturated carbocycles. The van der Waals surface area contributed by atoms with Crippen LogP contribution < -0.4 is 10.6 Å². The smallest absolute Gasteiger partial charge is 0.330 e. The van der Waals surface area contributed by atoms with Crippen LogP contribution in [0, 0.1) is 0 Å². The Bertz CT molecular complexity index is 515. The van der Waals surface area contributed by atoms with E-state index in [-0.39, 0.29) is 12.5 Å². The highest BCUT2D eigenvalue weighted by atomic mass is 35.5. The lowest BCUT2D eigenvalue weighted by molar-refractivity contribution is -0.141. The van der Waals surface area contributed by atoms with Crippen LogP contribution >= 0.6 is 11.6 Å². The Kier molecular flexibility index (Phi) is 5.59. The molecule has 1 atom stereocenters. The first-order valence-electron chi connectivity index (χ1n) is 7.08. The van der Waals surface area contributed by atoms with E-state index in [4.69, 9.17) is 11.6 Å². The summed E-state index contributed by atoms with van der Waals surface area (Å²) in [6.45, 7) is 0.124. The van der Waals surface area contributed by atoms with Gasteiger partial charge in [-0.3, -0.25) is 4.79 Å². The highest BCUT2D eigenvalue weighted by molar-refractivity contribution is 6.31. The van der Waals surface area contributed by atoms with Crippen molar-refractivity contribution in [3.05, 3.63) is 34.9 Å². The second-order valence-electron chi connectivity index (χ2n) is 5.22. The van der Waals surface area contributed by atoms with Gasteiger partial charge in [0, 0.05) is 16.6 Å². The number of aliphatic carboxylic acids is 1. The third kappa shape index (κ3) is 4.44. The topological polar surface area (TPSA) is 78.4 Å². The molecule has 3 N–H and O–H groups in total. The summed E-state index contributed by atoms with van der Waals surface area (Å²) in [4.78, 5) is 23.3. The number of carboxylic acids is 1. The average Bonchev–Trinajstić information content (AvgIpc) is 2.96. The van der Waals surface area contributed by atoms with Crippen LogP contribution in [0.15, 0.2) is 24.3 Å². The van der Waals surface area contributed by atoms with Gasteiger partial charge >= 0.3 is 5.97 Å². The molecule has 0 unspecified atom stereocenters. The second-order valence-corrected chi connectivity index (χ2v) is 5.63. The van der Waals surface area contributed by atoms with Crippen LogP contribution in [0.3, 0.4) is 0 Å². The molecule has 1 fully saturated rings. The molecule has 1 aliphatic carbocycles. The summed E-state index contributed by atoms with van der Waals surface area (Å²) in [7, 11) is 0. The Labute approximate surface area is 128 Å². The molecule has 6 heteroatoms. The number of carboxylic acid groups (broad SMARTS) is 1. The third-order valence-electron chi connectivity index (χ3n) is 3.67. The van der Waals surface area contributed by atoms with Crippen LogP contribution in [0.2, 0.25) is 5.02 Å². The Morgan fingerprint density at radius 2 is 1.95 bits per heavy atom. The summed E-state index contributed by atoms with van der Waals surface area (Å²) >= 11 is 6.00. The monoisotopic (exact) mass is 310 g/mol. The number of hydrogen-bond donors (Lipinski definition) is 3. The van der Waals surface area contributed by atoms with E-state index in [1.54, 1.807) is 24.3 Å². The van der Waals surface area contributed by atoms with Crippen LogP contribution in [0.4, 0.5) is 0 Å². The molecule has 2 rings (SSSR count). The van der Waals surface area contributed by atoms with Crippen molar-refractivity contribution in [2.45, 2.75) is 37.8 Å². The van der Waals surface area contributed by atoms with Crippen LogP contribution in [-0.2, 0) is 9.59 Å². The summed E-state index contributed by atoms with van der Waals surface area (Å²) in [5.41, 5.74) is 0.390. The molecule has 1 aromatic carbocycles. The van der Waals surface area contributed by atoms with Crippen molar-refractivity contribution in [3.63, 3.8) is 0 Å². The van der Waals surface area contributed by atoms with Gasteiger partial charge in [-0.05, 0) is 18.9 Å². The number of rotatable bonds is 6. The Morgan fingerprint density at radius 1 is 1.29 bits per heavy atom. The van der Waals surface area contributed by atoms with Gasteiger partial charge in [0.2, 0.25) is 5.91 Å². The molecule has 0 aromatic heterocycles. The predicted octanol–water partition coefficient (Wildman–Crippen LogP) is 2.11. The van der Waals surface area contributed by atoms with Gasteiger partial charge in [0.1, 0.15) is 0 Å². The normalized spacial score (nSPS) is 16.6. The van der Waals surface area contributed by atoms with Crippen LogP contribution in [0.1, 0.15) is 37.3 Å². The second kappa shape index (κ2) is 7.43. The van der Waals surface area contributed by atoms with Crippen LogP contribution in [-0.4, -0.2) is 29.6 Å². The van der Waals surface area contributed by atoms with E-state index in [1.807, 2.05) is 0 Å². The number of benzene rings is 1. The molecule has 0 heterocycles. The molecule has 0 aliphatic heterocycles. The van der Waals surface area contributed by atoms with E-state index in [0.29, 0.717) is 16.6 Å².